The molecule has 5 heteroatoms. The van der Waals surface area contributed by atoms with Crippen LogP contribution in [0.15, 0.2) is 23.0 Å². The van der Waals surface area contributed by atoms with E-state index < -0.39 is 11.7 Å². The molecule has 170 valence electrons. The monoisotopic (exact) mass is 416 g/mol. The van der Waals surface area contributed by atoms with Crippen LogP contribution in [-0.2, 0) is 14.2 Å². The Bertz CT molecular complexity index is 522. The van der Waals surface area contributed by atoms with Crippen LogP contribution in [-0.4, -0.2) is 32.5 Å². The average Bonchev–Trinajstić information content (AvgIpc) is 2.74. The molecule has 1 aliphatic rings. The molecular formula is C24H42F2O3. The molecule has 0 aromatic rings. The minimum absolute atomic E-state index is 0.0261. The zero-order chi connectivity index (χ0) is 21.8. The first kappa shape index (κ1) is 26.1. The Morgan fingerprint density at radius 2 is 1.83 bits per heavy atom. The molecule has 0 aliphatic carbocycles. The van der Waals surface area contributed by atoms with E-state index in [1.54, 1.807) is 0 Å². The molecule has 1 aliphatic heterocycles. The fourth-order valence-corrected chi connectivity index (χ4v) is 3.83. The Morgan fingerprint density at radius 3 is 2.38 bits per heavy atom. The van der Waals surface area contributed by atoms with Crippen molar-refractivity contribution in [2.75, 3.05) is 20.3 Å². The van der Waals surface area contributed by atoms with Gasteiger partial charge in [0.25, 0.3) is 0 Å². The van der Waals surface area contributed by atoms with E-state index in [1.807, 2.05) is 20.8 Å². The zero-order valence-corrected chi connectivity index (χ0v) is 19.4. The van der Waals surface area contributed by atoms with E-state index in [2.05, 4.69) is 6.92 Å². The molecule has 1 heterocycles. The normalized spacial score (nSPS) is 23.9. The number of halogens is 2. The summed E-state index contributed by atoms with van der Waals surface area (Å²) in [5.74, 6) is -1.04. The molecule has 0 saturated carbocycles. The second-order valence-electron chi connectivity index (χ2n) is 8.43. The van der Waals surface area contributed by atoms with Gasteiger partial charge in [-0.15, -0.1) is 0 Å². The van der Waals surface area contributed by atoms with Crippen molar-refractivity contribution < 1.29 is 23.0 Å². The smallest absolute Gasteiger partial charge is 0.195 e. The number of rotatable bonds is 13. The first-order chi connectivity index (χ1) is 13.8. The Balaban J connectivity index is 2.41. The van der Waals surface area contributed by atoms with Crippen molar-refractivity contribution in [1.29, 1.82) is 0 Å². The summed E-state index contributed by atoms with van der Waals surface area (Å²) in [6.45, 7) is 11.0. The second-order valence-corrected chi connectivity index (χ2v) is 8.43. The van der Waals surface area contributed by atoms with Gasteiger partial charge in [0.1, 0.15) is 5.76 Å². The molecule has 0 bridgehead atoms. The number of allylic oxidation sites excluding steroid dienone is 4. The van der Waals surface area contributed by atoms with E-state index in [9.17, 15) is 8.78 Å². The standard InChI is InChI=1S/C24H42F2O3/c1-7-9-10-20-13-14-21(29-15-20)16-28-18(4)12-11-17(3)22(8-2)24(26)23(25)19(5)27-6/h17-18,20-21H,7-16H2,1-6H3/b23-19-,24-22-. The summed E-state index contributed by atoms with van der Waals surface area (Å²) in [7, 11) is 1.34. The van der Waals surface area contributed by atoms with Crippen LogP contribution in [0.25, 0.3) is 0 Å². The Kier molecular flexibility index (Phi) is 12.7. The molecule has 29 heavy (non-hydrogen) atoms. The lowest BCUT2D eigenvalue weighted by molar-refractivity contribution is -0.0781. The minimum atomic E-state index is -0.896. The lowest BCUT2D eigenvalue weighted by Gasteiger charge is -2.30. The summed E-state index contributed by atoms with van der Waals surface area (Å²) in [5.41, 5.74) is 0.500. The van der Waals surface area contributed by atoms with Gasteiger partial charge in [-0.05, 0) is 69.8 Å². The third kappa shape index (κ3) is 9.17. The summed E-state index contributed by atoms with van der Waals surface area (Å²) in [4.78, 5) is 0. The zero-order valence-electron chi connectivity index (χ0n) is 19.4. The van der Waals surface area contributed by atoms with Gasteiger partial charge in [0.15, 0.2) is 11.7 Å². The first-order valence-electron chi connectivity index (χ1n) is 11.4. The number of hydrogen-bond donors (Lipinski definition) is 0. The summed E-state index contributed by atoms with van der Waals surface area (Å²) in [6.07, 6.45) is 8.37. The van der Waals surface area contributed by atoms with Crippen LogP contribution >= 0.6 is 0 Å². The van der Waals surface area contributed by atoms with Crippen molar-refractivity contribution in [1.82, 2.24) is 0 Å². The van der Waals surface area contributed by atoms with Gasteiger partial charge in [-0.3, -0.25) is 0 Å². The van der Waals surface area contributed by atoms with Crippen molar-refractivity contribution >= 4 is 0 Å². The Morgan fingerprint density at radius 1 is 1.10 bits per heavy atom. The van der Waals surface area contributed by atoms with Crippen molar-refractivity contribution in [2.24, 2.45) is 11.8 Å². The highest BCUT2D eigenvalue weighted by Gasteiger charge is 2.23. The van der Waals surface area contributed by atoms with E-state index in [-0.39, 0.29) is 23.9 Å². The number of ether oxygens (including phenoxy) is 3. The quantitative estimate of drug-likeness (QED) is 0.233. The van der Waals surface area contributed by atoms with Gasteiger partial charge in [0.05, 0.1) is 25.9 Å². The predicted octanol–water partition coefficient (Wildman–Crippen LogP) is 7.27. The van der Waals surface area contributed by atoms with Crippen LogP contribution in [0.1, 0.15) is 86.0 Å². The molecule has 4 atom stereocenters. The number of unbranched alkanes of at least 4 members (excludes halogenated alkanes) is 1. The molecule has 1 rings (SSSR count). The molecule has 0 aromatic carbocycles. The topological polar surface area (TPSA) is 27.7 Å². The molecule has 1 saturated heterocycles. The van der Waals surface area contributed by atoms with Crippen molar-refractivity contribution in [2.45, 2.75) is 98.2 Å². The lowest BCUT2D eigenvalue weighted by atomic mass is 9.91. The fraction of sp³-hybridized carbons (Fsp3) is 0.833. The molecule has 1 fully saturated rings. The molecular weight excluding hydrogens is 374 g/mol. The second kappa shape index (κ2) is 14.1. The molecule has 0 spiro atoms. The van der Waals surface area contributed by atoms with E-state index in [0.29, 0.717) is 24.5 Å². The van der Waals surface area contributed by atoms with Crippen LogP contribution in [0.3, 0.4) is 0 Å². The first-order valence-corrected chi connectivity index (χ1v) is 11.4. The van der Waals surface area contributed by atoms with E-state index in [4.69, 9.17) is 14.2 Å². The summed E-state index contributed by atoms with van der Waals surface area (Å²) in [5, 5.41) is 0. The predicted molar refractivity (Wildman–Crippen MR) is 115 cm³/mol. The van der Waals surface area contributed by atoms with Gasteiger partial charge >= 0.3 is 0 Å². The minimum Gasteiger partial charge on any atom is -0.498 e. The fourth-order valence-electron chi connectivity index (χ4n) is 3.83. The van der Waals surface area contributed by atoms with Gasteiger partial charge in [-0.2, -0.15) is 0 Å². The maximum Gasteiger partial charge on any atom is 0.195 e. The molecule has 0 aromatic heterocycles. The SMILES string of the molecule is CCCCC1CCC(COC(C)CCC(C)/C(CC)=C(F)/C(F)=C(\C)OC)OC1. The molecule has 0 N–H and O–H groups in total. The maximum absolute atomic E-state index is 14.5. The van der Waals surface area contributed by atoms with Crippen molar-refractivity contribution in [3.05, 3.63) is 23.0 Å². The van der Waals surface area contributed by atoms with E-state index >= 15 is 0 Å². The van der Waals surface area contributed by atoms with Gasteiger partial charge in [-0.25, -0.2) is 8.78 Å². The molecule has 4 unspecified atom stereocenters. The van der Waals surface area contributed by atoms with Crippen LogP contribution < -0.4 is 0 Å². The number of methoxy groups -OCH3 is 1. The largest absolute Gasteiger partial charge is 0.498 e. The molecule has 0 radical (unpaired) electrons. The lowest BCUT2D eigenvalue weighted by Crippen LogP contribution is -2.31. The van der Waals surface area contributed by atoms with Crippen molar-refractivity contribution in [3.8, 4) is 0 Å². The van der Waals surface area contributed by atoms with Crippen LogP contribution in [0.5, 0.6) is 0 Å². The van der Waals surface area contributed by atoms with Crippen LogP contribution in [0.2, 0.25) is 0 Å². The highest BCUT2D eigenvalue weighted by atomic mass is 19.2. The van der Waals surface area contributed by atoms with Crippen LogP contribution in [0.4, 0.5) is 8.78 Å². The average molecular weight is 417 g/mol. The number of hydrogen-bond acceptors (Lipinski definition) is 3. The third-order valence-corrected chi connectivity index (χ3v) is 6.07. The summed E-state index contributed by atoms with van der Waals surface area (Å²) in [6, 6.07) is 0. The third-order valence-electron chi connectivity index (χ3n) is 6.07. The Hall–Kier alpha value is -0.940. The summed E-state index contributed by atoms with van der Waals surface area (Å²) < 4.78 is 45.4. The Labute approximate surface area is 176 Å². The van der Waals surface area contributed by atoms with Crippen molar-refractivity contribution in [3.63, 3.8) is 0 Å². The highest BCUT2D eigenvalue weighted by molar-refractivity contribution is 5.28. The van der Waals surface area contributed by atoms with Gasteiger partial charge in [-0.1, -0.05) is 33.6 Å². The molecule has 0 amide bonds. The summed E-state index contributed by atoms with van der Waals surface area (Å²) >= 11 is 0. The van der Waals surface area contributed by atoms with Gasteiger partial charge in [0.2, 0.25) is 0 Å². The van der Waals surface area contributed by atoms with Gasteiger partial charge in [0, 0.05) is 6.61 Å². The van der Waals surface area contributed by atoms with Gasteiger partial charge < -0.3 is 14.2 Å². The van der Waals surface area contributed by atoms with E-state index in [0.717, 1.165) is 25.9 Å². The van der Waals surface area contributed by atoms with Crippen LogP contribution in [0, 0.1) is 11.8 Å². The molecule has 3 nitrogen and oxygen atoms in total. The van der Waals surface area contributed by atoms with E-state index in [1.165, 1.54) is 39.7 Å². The maximum atomic E-state index is 14.5. The highest BCUT2D eigenvalue weighted by Crippen LogP contribution is 2.31.